The van der Waals surface area contributed by atoms with E-state index in [-0.39, 0.29) is 0 Å². The fraction of sp³-hybridized carbons (Fsp3) is 0.200. The standard InChI is InChI=1S/C15H14Br2N4/c1-9-12-5-10(8-19-15(12)21(2)20-9)7-18-14-6-11(16)3-4-13(14)17/h3-6,8,18H,7H2,1-2H3. The Morgan fingerprint density at radius 2 is 2.05 bits per heavy atom. The number of fused-ring (bicyclic) bond motifs is 1. The maximum atomic E-state index is 4.49. The van der Waals surface area contributed by atoms with Gasteiger partial charge >= 0.3 is 0 Å². The van der Waals surface area contributed by atoms with E-state index >= 15 is 0 Å². The Balaban J connectivity index is 1.85. The third kappa shape index (κ3) is 2.96. The molecule has 0 aliphatic heterocycles. The van der Waals surface area contributed by atoms with Crippen molar-refractivity contribution in [1.82, 2.24) is 14.8 Å². The SMILES string of the molecule is Cc1nn(C)c2ncc(CNc3cc(Br)ccc3Br)cc12. The summed E-state index contributed by atoms with van der Waals surface area (Å²) in [6.45, 7) is 2.72. The first kappa shape index (κ1) is 14.5. The summed E-state index contributed by atoms with van der Waals surface area (Å²) in [6, 6.07) is 8.20. The van der Waals surface area contributed by atoms with Crippen LogP contribution < -0.4 is 5.32 Å². The van der Waals surface area contributed by atoms with Crippen LogP contribution in [-0.4, -0.2) is 14.8 Å². The predicted molar refractivity (Wildman–Crippen MR) is 92.4 cm³/mol. The second-order valence-electron chi connectivity index (χ2n) is 4.90. The Morgan fingerprint density at radius 1 is 1.24 bits per heavy atom. The largest absolute Gasteiger partial charge is 0.380 e. The number of halogens is 2. The van der Waals surface area contributed by atoms with Gasteiger partial charge in [-0.3, -0.25) is 4.68 Å². The summed E-state index contributed by atoms with van der Waals surface area (Å²) in [5.41, 5.74) is 4.10. The highest BCUT2D eigenvalue weighted by Crippen LogP contribution is 2.27. The highest BCUT2D eigenvalue weighted by atomic mass is 79.9. The van der Waals surface area contributed by atoms with Crippen LogP contribution in [0.1, 0.15) is 11.3 Å². The smallest absolute Gasteiger partial charge is 0.157 e. The van der Waals surface area contributed by atoms with Gasteiger partial charge in [0.1, 0.15) is 0 Å². The minimum atomic E-state index is 0.715. The van der Waals surface area contributed by atoms with Crippen molar-refractivity contribution in [2.45, 2.75) is 13.5 Å². The fourth-order valence-electron chi connectivity index (χ4n) is 2.28. The Morgan fingerprint density at radius 3 is 2.86 bits per heavy atom. The number of pyridine rings is 1. The van der Waals surface area contributed by atoms with Gasteiger partial charge in [-0.1, -0.05) is 15.9 Å². The van der Waals surface area contributed by atoms with Crippen LogP contribution >= 0.6 is 31.9 Å². The molecule has 0 aliphatic rings. The number of benzene rings is 1. The third-order valence-corrected chi connectivity index (χ3v) is 4.52. The van der Waals surface area contributed by atoms with Gasteiger partial charge in [0.05, 0.1) is 5.69 Å². The van der Waals surface area contributed by atoms with E-state index in [2.05, 4.69) is 53.3 Å². The molecule has 21 heavy (non-hydrogen) atoms. The predicted octanol–water partition coefficient (Wildman–Crippen LogP) is 4.41. The molecular formula is C15H14Br2N4. The van der Waals surface area contributed by atoms with Crippen LogP contribution in [0.4, 0.5) is 5.69 Å². The van der Waals surface area contributed by atoms with E-state index in [0.29, 0.717) is 6.54 Å². The van der Waals surface area contributed by atoms with E-state index in [1.54, 1.807) is 0 Å². The summed E-state index contributed by atoms with van der Waals surface area (Å²) in [7, 11) is 1.92. The van der Waals surface area contributed by atoms with Gasteiger partial charge in [-0.05, 0) is 52.7 Å². The van der Waals surface area contributed by atoms with E-state index in [4.69, 9.17) is 0 Å². The van der Waals surface area contributed by atoms with Gasteiger partial charge in [-0.15, -0.1) is 0 Å². The second kappa shape index (κ2) is 5.77. The molecule has 3 rings (SSSR count). The molecule has 2 heterocycles. The number of rotatable bonds is 3. The van der Waals surface area contributed by atoms with Crippen LogP contribution in [0.3, 0.4) is 0 Å². The average Bonchev–Trinajstić information content (AvgIpc) is 2.75. The highest BCUT2D eigenvalue weighted by Gasteiger charge is 2.07. The lowest BCUT2D eigenvalue weighted by Gasteiger charge is -2.09. The van der Waals surface area contributed by atoms with Crippen LogP contribution in [0, 0.1) is 6.92 Å². The van der Waals surface area contributed by atoms with Crippen molar-refractivity contribution in [2.75, 3.05) is 5.32 Å². The number of nitrogens with one attached hydrogen (secondary N) is 1. The van der Waals surface area contributed by atoms with Crippen molar-refractivity contribution in [3.63, 3.8) is 0 Å². The summed E-state index contributed by atoms with van der Waals surface area (Å²) in [5.74, 6) is 0. The minimum Gasteiger partial charge on any atom is -0.380 e. The lowest BCUT2D eigenvalue weighted by Crippen LogP contribution is -2.01. The first-order valence-electron chi connectivity index (χ1n) is 6.52. The zero-order valence-electron chi connectivity index (χ0n) is 11.7. The highest BCUT2D eigenvalue weighted by molar-refractivity contribution is 9.11. The molecule has 1 aromatic carbocycles. The van der Waals surface area contributed by atoms with Gasteiger partial charge in [0, 0.05) is 39.8 Å². The van der Waals surface area contributed by atoms with E-state index in [0.717, 1.165) is 36.9 Å². The molecule has 0 aliphatic carbocycles. The zero-order valence-corrected chi connectivity index (χ0v) is 14.9. The first-order chi connectivity index (χ1) is 10.0. The summed E-state index contributed by atoms with van der Waals surface area (Å²) < 4.78 is 3.90. The van der Waals surface area contributed by atoms with E-state index in [9.17, 15) is 0 Å². The van der Waals surface area contributed by atoms with Crippen molar-refractivity contribution in [2.24, 2.45) is 7.05 Å². The Labute approximate surface area is 139 Å². The number of nitrogens with zero attached hydrogens (tertiary/aromatic N) is 3. The Kier molecular flexibility index (Phi) is 3.99. The lowest BCUT2D eigenvalue weighted by molar-refractivity contribution is 0.773. The summed E-state index contributed by atoms with van der Waals surface area (Å²) in [4.78, 5) is 4.49. The normalized spacial score (nSPS) is 11.0. The number of anilines is 1. The molecule has 0 amide bonds. The second-order valence-corrected chi connectivity index (χ2v) is 6.67. The molecule has 108 valence electrons. The number of aryl methyl sites for hydroxylation is 2. The molecular weight excluding hydrogens is 396 g/mol. The molecule has 0 spiro atoms. The molecule has 0 saturated carbocycles. The monoisotopic (exact) mass is 408 g/mol. The molecule has 3 aromatic rings. The molecule has 0 bridgehead atoms. The van der Waals surface area contributed by atoms with Crippen molar-refractivity contribution in [1.29, 1.82) is 0 Å². The minimum absolute atomic E-state index is 0.715. The molecule has 0 saturated heterocycles. The maximum Gasteiger partial charge on any atom is 0.157 e. The van der Waals surface area contributed by atoms with Crippen molar-refractivity contribution in [3.8, 4) is 0 Å². The van der Waals surface area contributed by atoms with Gasteiger partial charge in [0.2, 0.25) is 0 Å². The summed E-state index contributed by atoms with van der Waals surface area (Å²) in [6.07, 6.45) is 1.89. The number of hydrogen-bond donors (Lipinski definition) is 1. The van der Waals surface area contributed by atoms with E-state index < -0.39 is 0 Å². The van der Waals surface area contributed by atoms with Crippen LogP contribution in [0.15, 0.2) is 39.4 Å². The molecule has 0 fully saturated rings. The van der Waals surface area contributed by atoms with Crippen LogP contribution in [-0.2, 0) is 13.6 Å². The Hall–Kier alpha value is -1.40. The van der Waals surface area contributed by atoms with Crippen LogP contribution in [0.5, 0.6) is 0 Å². The Bertz CT molecular complexity index is 811. The lowest BCUT2D eigenvalue weighted by atomic mass is 10.2. The first-order valence-corrected chi connectivity index (χ1v) is 8.10. The van der Waals surface area contributed by atoms with Crippen LogP contribution in [0.25, 0.3) is 11.0 Å². The molecule has 1 N–H and O–H groups in total. The van der Waals surface area contributed by atoms with Gasteiger partial charge < -0.3 is 5.32 Å². The number of aromatic nitrogens is 3. The molecule has 0 radical (unpaired) electrons. The third-order valence-electron chi connectivity index (χ3n) is 3.33. The molecule has 2 aromatic heterocycles. The average molecular weight is 410 g/mol. The van der Waals surface area contributed by atoms with Crippen molar-refractivity contribution < 1.29 is 0 Å². The number of hydrogen-bond acceptors (Lipinski definition) is 3. The molecule has 0 atom stereocenters. The fourth-order valence-corrected chi connectivity index (χ4v) is 3.03. The summed E-state index contributed by atoms with van der Waals surface area (Å²) in [5, 5.41) is 8.91. The van der Waals surface area contributed by atoms with Gasteiger partial charge in [0.15, 0.2) is 5.65 Å². The quantitative estimate of drug-likeness (QED) is 0.696. The maximum absolute atomic E-state index is 4.49. The van der Waals surface area contributed by atoms with Crippen molar-refractivity contribution >= 4 is 48.6 Å². The van der Waals surface area contributed by atoms with E-state index in [1.165, 1.54) is 0 Å². The van der Waals surface area contributed by atoms with E-state index in [1.807, 2.05) is 43.0 Å². The summed E-state index contributed by atoms with van der Waals surface area (Å²) >= 11 is 7.03. The zero-order chi connectivity index (χ0) is 15.0. The van der Waals surface area contributed by atoms with Crippen molar-refractivity contribution in [3.05, 3.63) is 50.7 Å². The topological polar surface area (TPSA) is 42.7 Å². The molecule has 6 heteroatoms. The van der Waals surface area contributed by atoms with Gasteiger partial charge in [-0.2, -0.15) is 5.10 Å². The molecule has 0 unspecified atom stereocenters. The van der Waals surface area contributed by atoms with Gasteiger partial charge in [0.25, 0.3) is 0 Å². The van der Waals surface area contributed by atoms with Gasteiger partial charge in [-0.25, -0.2) is 4.98 Å². The van der Waals surface area contributed by atoms with Crippen LogP contribution in [0.2, 0.25) is 0 Å². The molecule has 4 nitrogen and oxygen atoms in total.